The number of hydrogen-bond donors (Lipinski definition) is 0. The van der Waals surface area contributed by atoms with Crippen molar-refractivity contribution in [2.75, 3.05) is 0 Å². The number of nitrogens with zero attached hydrogens (tertiary/aromatic N) is 5. The maximum absolute atomic E-state index is 10.5. The minimum atomic E-state index is -0.407. The Morgan fingerprint density at radius 2 is 2.05 bits per heavy atom. The molecule has 0 spiro atoms. The van der Waals surface area contributed by atoms with Crippen molar-refractivity contribution in [2.24, 2.45) is 0 Å². The van der Waals surface area contributed by atoms with Gasteiger partial charge >= 0.3 is 0 Å². The lowest BCUT2D eigenvalue weighted by Crippen LogP contribution is -2.04. The predicted octanol–water partition coefficient (Wildman–Crippen LogP) is 2.45. The van der Waals surface area contributed by atoms with Crippen molar-refractivity contribution < 1.29 is 4.92 Å². The SMILES string of the molecule is CC(C)n1nnnc1SCc1ccc([N+](=O)[O-])cc1. The van der Waals surface area contributed by atoms with Gasteiger partial charge in [-0.2, -0.15) is 0 Å². The third-order valence-corrected chi connectivity index (χ3v) is 3.47. The van der Waals surface area contributed by atoms with Crippen LogP contribution >= 0.6 is 11.8 Å². The van der Waals surface area contributed by atoms with E-state index < -0.39 is 4.92 Å². The smallest absolute Gasteiger partial charge is 0.258 e. The molecule has 1 heterocycles. The molecule has 19 heavy (non-hydrogen) atoms. The zero-order valence-corrected chi connectivity index (χ0v) is 11.4. The van der Waals surface area contributed by atoms with Crippen LogP contribution in [0.2, 0.25) is 0 Å². The van der Waals surface area contributed by atoms with Crippen LogP contribution in [0.1, 0.15) is 25.5 Å². The zero-order chi connectivity index (χ0) is 13.8. The first-order valence-corrected chi connectivity index (χ1v) is 6.70. The van der Waals surface area contributed by atoms with Gasteiger partial charge in [0.1, 0.15) is 0 Å². The van der Waals surface area contributed by atoms with E-state index in [1.54, 1.807) is 16.8 Å². The van der Waals surface area contributed by atoms with Crippen LogP contribution in [0.3, 0.4) is 0 Å². The quantitative estimate of drug-likeness (QED) is 0.474. The third kappa shape index (κ3) is 3.28. The van der Waals surface area contributed by atoms with Crippen LogP contribution in [0.15, 0.2) is 29.4 Å². The van der Waals surface area contributed by atoms with Gasteiger partial charge in [-0.05, 0) is 29.8 Å². The fourth-order valence-corrected chi connectivity index (χ4v) is 2.43. The molecule has 7 nitrogen and oxygen atoms in total. The number of thioether (sulfide) groups is 1. The van der Waals surface area contributed by atoms with E-state index in [-0.39, 0.29) is 11.7 Å². The average Bonchev–Trinajstić information content (AvgIpc) is 2.85. The molecule has 0 aliphatic heterocycles. The first-order valence-electron chi connectivity index (χ1n) is 5.72. The molecule has 1 aromatic carbocycles. The van der Waals surface area contributed by atoms with Gasteiger partial charge in [0.15, 0.2) is 0 Å². The Balaban J connectivity index is 2.02. The second-order valence-corrected chi connectivity index (χ2v) is 5.15. The average molecular weight is 279 g/mol. The molecule has 0 N–H and O–H groups in total. The van der Waals surface area contributed by atoms with Gasteiger partial charge in [0, 0.05) is 17.9 Å². The number of benzene rings is 1. The van der Waals surface area contributed by atoms with Gasteiger partial charge in [0.25, 0.3) is 5.69 Å². The molecule has 0 bridgehead atoms. The van der Waals surface area contributed by atoms with Gasteiger partial charge in [0.05, 0.1) is 11.0 Å². The van der Waals surface area contributed by atoms with Crippen molar-refractivity contribution in [1.82, 2.24) is 20.2 Å². The predicted molar refractivity (Wildman–Crippen MR) is 70.9 cm³/mol. The summed E-state index contributed by atoms with van der Waals surface area (Å²) in [7, 11) is 0. The highest BCUT2D eigenvalue weighted by Gasteiger charge is 2.10. The number of non-ortho nitro benzene ring substituents is 1. The number of nitro groups is 1. The molecular weight excluding hydrogens is 266 g/mol. The van der Waals surface area contributed by atoms with Gasteiger partial charge in [-0.15, -0.1) is 5.10 Å². The summed E-state index contributed by atoms with van der Waals surface area (Å²) >= 11 is 1.51. The molecule has 0 saturated carbocycles. The van der Waals surface area contributed by atoms with Crippen LogP contribution in [-0.2, 0) is 5.75 Å². The highest BCUT2D eigenvalue weighted by Crippen LogP contribution is 2.23. The maximum Gasteiger partial charge on any atom is 0.269 e. The topological polar surface area (TPSA) is 86.7 Å². The second-order valence-electron chi connectivity index (χ2n) is 4.21. The lowest BCUT2D eigenvalue weighted by Gasteiger charge is -2.06. The summed E-state index contributed by atoms with van der Waals surface area (Å²) in [6.45, 7) is 4.01. The molecule has 0 unspecified atom stereocenters. The Kier molecular flexibility index (Phi) is 4.10. The number of aromatic nitrogens is 4. The Morgan fingerprint density at radius 1 is 1.37 bits per heavy atom. The van der Waals surface area contributed by atoms with E-state index in [1.165, 1.54) is 23.9 Å². The first-order chi connectivity index (χ1) is 9.08. The zero-order valence-electron chi connectivity index (χ0n) is 10.6. The second kappa shape index (κ2) is 5.79. The van der Waals surface area contributed by atoms with Gasteiger partial charge in [-0.1, -0.05) is 23.9 Å². The summed E-state index contributed by atoms with van der Waals surface area (Å²) < 4.78 is 1.75. The number of hydrogen-bond acceptors (Lipinski definition) is 6. The van der Waals surface area contributed by atoms with Crippen LogP contribution < -0.4 is 0 Å². The van der Waals surface area contributed by atoms with E-state index in [0.29, 0.717) is 5.75 Å². The lowest BCUT2D eigenvalue weighted by molar-refractivity contribution is -0.384. The third-order valence-electron chi connectivity index (χ3n) is 2.47. The van der Waals surface area contributed by atoms with E-state index in [9.17, 15) is 10.1 Å². The van der Waals surface area contributed by atoms with Crippen molar-refractivity contribution in [3.8, 4) is 0 Å². The fourth-order valence-electron chi connectivity index (χ4n) is 1.47. The van der Waals surface area contributed by atoms with E-state index in [1.807, 2.05) is 13.8 Å². The largest absolute Gasteiger partial charge is 0.269 e. The van der Waals surface area contributed by atoms with Crippen molar-refractivity contribution in [1.29, 1.82) is 0 Å². The molecule has 2 aromatic rings. The Labute approximate surface area is 114 Å². The van der Waals surface area contributed by atoms with E-state index in [2.05, 4.69) is 15.5 Å². The molecule has 0 fully saturated rings. The van der Waals surface area contributed by atoms with Crippen molar-refractivity contribution >= 4 is 17.4 Å². The van der Waals surface area contributed by atoms with E-state index in [0.717, 1.165) is 10.7 Å². The van der Waals surface area contributed by atoms with Crippen LogP contribution in [0.5, 0.6) is 0 Å². The molecule has 0 aliphatic rings. The molecule has 0 atom stereocenters. The summed E-state index contributed by atoms with van der Waals surface area (Å²) in [5.74, 6) is 0.672. The summed E-state index contributed by atoms with van der Waals surface area (Å²) in [5, 5.41) is 22.8. The summed E-state index contributed by atoms with van der Waals surface area (Å²) in [5.41, 5.74) is 1.09. The first kappa shape index (κ1) is 13.5. The Bertz CT molecular complexity index is 567. The maximum atomic E-state index is 10.5. The number of rotatable bonds is 5. The van der Waals surface area contributed by atoms with Crippen LogP contribution in [0.4, 0.5) is 5.69 Å². The molecule has 0 amide bonds. The minimum Gasteiger partial charge on any atom is -0.258 e. The van der Waals surface area contributed by atoms with E-state index in [4.69, 9.17) is 0 Å². The lowest BCUT2D eigenvalue weighted by atomic mass is 10.2. The van der Waals surface area contributed by atoms with Gasteiger partial charge < -0.3 is 0 Å². The summed E-state index contributed by atoms with van der Waals surface area (Å²) in [4.78, 5) is 10.1. The van der Waals surface area contributed by atoms with Crippen molar-refractivity contribution in [3.63, 3.8) is 0 Å². The normalized spacial score (nSPS) is 10.9. The molecule has 8 heteroatoms. The van der Waals surface area contributed by atoms with Crippen LogP contribution in [-0.4, -0.2) is 25.1 Å². The molecular formula is C11H13N5O2S. The van der Waals surface area contributed by atoms with Crippen LogP contribution in [0, 0.1) is 10.1 Å². The monoisotopic (exact) mass is 279 g/mol. The van der Waals surface area contributed by atoms with Crippen LogP contribution in [0.25, 0.3) is 0 Å². The fraction of sp³-hybridized carbons (Fsp3) is 0.364. The molecule has 2 rings (SSSR count). The number of nitro benzene ring substituents is 1. The summed E-state index contributed by atoms with van der Waals surface area (Å²) in [6, 6.07) is 6.70. The van der Waals surface area contributed by atoms with Gasteiger partial charge in [-0.25, -0.2) is 4.68 Å². The molecule has 1 aromatic heterocycles. The minimum absolute atomic E-state index is 0.0979. The Hall–Kier alpha value is -1.96. The molecule has 0 aliphatic carbocycles. The van der Waals surface area contributed by atoms with Crippen molar-refractivity contribution in [3.05, 3.63) is 39.9 Å². The van der Waals surface area contributed by atoms with Crippen molar-refractivity contribution in [2.45, 2.75) is 30.8 Å². The van der Waals surface area contributed by atoms with Gasteiger partial charge in [0.2, 0.25) is 5.16 Å². The number of tetrazole rings is 1. The molecule has 100 valence electrons. The molecule has 0 saturated heterocycles. The highest BCUT2D eigenvalue weighted by atomic mass is 32.2. The standard InChI is InChI=1S/C11H13N5O2S/c1-8(2)15-11(12-13-14-15)19-7-9-3-5-10(6-4-9)16(17)18/h3-6,8H,7H2,1-2H3. The molecule has 0 radical (unpaired) electrons. The Morgan fingerprint density at radius 3 is 2.63 bits per heavy atom. The highest BCUT2D eigenvalue weighted by molar-refractivity contribution is 7.98. The van der Waals surface area contributed by atoms with E-state index >= 15 is 0 Å². The van der Waals surface area contributed by atoms with Gasteiger partial charge in [-0.3, -0.25) is 10.1 Å². The summed E-state index contributed by atoms with van der Waals surface area (Å²) in [6.07, 6.45) is 0.